The molecule has 3 saturated heterocycles. The number of benzene rings is 1. The number of likely N-dealkylation sites (tertiary alicyclic amines) is 2. The number of aromatic nitrogens is 1. The highest BCUT2D eigenvalue weighted by Gasteiger charge is 2.59. The predicted octanol–water partition coefficient (Wildman–Crippen LogP) is 1.10. The number of hydrogen-bond donors (Lipinski definition) is 3. The Labute approximate surface area is 193 Å². The Hall–Kier alpha value is -2.42. The molecule has 5 fully saturated rings. The van der Waals surface area contributed by atoms with Gasteiger partial charge in [-0.1, -0.05) is 18.2 Å². The number of hydrazine groups is 2. The minimum absolute atomic E-state index is 0.141. The van der Waals surface area contributed by atoms with Gasteiger partial charge in [0.15, 0.2) is 0 Å². The third kappa shape index (κ3) is 2.93. The smallest absolute Gasteiger partial charge is 0.270 e. The largest absolute Gasteiger partial charge is 0.342 e. The molecule has 1 aromatic heterocycles. The van der Waals surface area contributed by atoms with E-state index in [4.69, 9.17) is 0 Å². The molecule has 33 heavy (non-hydrogen) atoms. The van der Waals surface area contributed by atoms with Gasteiger partial charge in [0.1, 0.15) is 5.69 Å². The molecule has 0 bridgehead atoms. The van der Waals surface area contributed by atoms with Gasteiger partial charge in [0.25, 0.3) is 5.91 Å². The standard InChI is InChI=1S/C25H32N6O2/c1-29-22-5-3-2-4-14(22)9-23(29)25(33)31-12-18-16-10-30(11-17(16)19(18)13-31)24(32)15-6-7-20-21(8-15)27-28-26-20/h2-5,9,15-21,26-28H,6-8,10-13H2,1H3/t15?,16-,17+,18+,19-,20?,21?. The Balaban J connectivity index is 1.01. The second kappa shape index (κ2) is 7.29. The number of fused-ring (bicyclic) bond motifs is 6. The maximum atomic E-state index is 13.4. The van der Waals surface area contributed by atoms with Gasteiger partial charge in [-0.15, -0.1) is 0 Å². The van der Waals surface area contributed by atoms with Crippen molar-refractivity contribution < 1.29 is 9.59 Å². The summed E-state index contributed by atoms with van der Waals surface area (Å²) >= 11 is 0. The summed E-state index contributed by atoms with van der Waals surface area (Å²) in [7, 11) is 1.99. The van der Waals surface area contributed by atoms with E-state index in [1.807, 2.05) is 29.8 Å². The van der Waals surface area contributed by atoms with Crippen molar-refractivity contribution in [3.8, 4) is 0 Å². The van der Waals surface area contributed by atoms with Gasteiger partial charge in [-0.05, 0) is 55.1 Å². The molecule has 3 unspecified atom stereocenters. The van der Waals surface area contributed by atoms with E-state index in [2.05, 4.69) is 38.3 Å². The van der Waals surface area contributed by atoms with Crippen LogP contribution in [0.1, 0.15) is 29.8 Å². The van der Waals surface area contributed by atoms with Crippen molar-refractivity contribution in [2.24, 2.45) is 36.6 Å². The van der Waals surface area contributed by atoms with Crippen LogP contribution in [-0.4, -0.2) is 64.4 Å². The van der Waals surface area contributed by atoms with Crippen molar-refractivity contribution in [2.45, 2.75) is 31.3 Å². The molecule has 5 aliphatic rings. The molecule has 0 radical (unpaired) electrons. The topological polar surface area (TPSA) is 81.6 Å². The molecule has 3 N–H and O–H groups in total. The number of nitrogens with zero attached hydrogens (tertiary/aromatic N) is 3. The quantitative estimate of drug-likeness (QED) is 0.641. The second-order valence-electron chi connectivity index (χ2n) is 10.9. The first-order valence-corrected chi connectivity index (χ1v) is 12.5. The Kier molecular flexibility index (Phi) is 4.42. The molecule has 2 saturated carbocycles. The van der Waals surface area contributed by atoms with Crippen molar-refractivity contribution in [1.82, 2.24) is 30.8 Å². The van der Waals surface area contributed by atoms with Crippen LogP contribution in [0.25, 0.3) is 10.9 Å². The van der Waals surface area contributed by atoms with Gasteiger partial charge >= 0.3 is 0 Å². The molecular weight excluding hydrogens is 416 g/mol. The summed E-state index contributed by atoms with van der Waals surface area (Å²) in [5.74, 6) is 2.87. The Morgan fingerprint density at radius 3 is 2.27 bits per heavy atom. The maximum Gasteiger partial charge on any atom is 0.270 e. The summed E-state index contributed by atoms with van der Waals surface area (Å²) in [6, 6.07) is 11.0. The molecule has 2 amide bonds. The van der Waals surface area contributed by atoms with Gasteiger partial charge in [-0.2, -0.15) is 5.53 Å². The molecule has 1 aromatic carbocycles. The minimum Gasteiger partial charge on any atom is -0.342 e. The van der Waals surface area contributed by atoms with E-state index in [1.54, 1.807) is 0 Å². The van der Waals surface area contributed by atoms with Crippen LogP contribution in [0.3, 0.4) is 0 Å². The lowest BCUT2D eigenvalue weighted by molar-refractivity contribution is -0.136. The Morgan fingerprint density at radius 1 is 0.879 bits per heavy atom. The van der Waals surface area contributed by atoms with Crippen LogP contribution in [0, 0.1) is 29.6 Å². The number of carbonyl (C=O) groups excluding carboxylic acids is 2. The number of carbonyl (C=O) groups is 2. The van der Waals surface area contributed by atoms with Crippen molar-refractivity contribution in [3.05, 3.63) is 36.0 Å². The average molecular weight is 449 g/mol. The highest BCUT2D eigenvalue weighted by molar-refractivity contribution is 5.99. The van der Waals surface area contributed by atoms with Crippen LogP contribution in [-0.2, 0) is 11.8 Å². The summed E-state index contributed by atoms with van der Waals surface area (Å²) in [6.45, 7) is 3.44. The molecule has 3 aliphatic heterocycles. The molecule has 8 heteroatoms. The molecule has 2 aromatic rings. The van der Waals surface area contributed by atoms with Crippen LogP contribution >= 0.6 is 0 Å². The fourth-order valence-electron chi connectivity index (χ4n) is 7.59. The Morgan fingerprint density at radius 2 is 1.55 bits per heavy atom. The van der Waals surface area contributed by atoms with Crippen LogP contribution in [0.4, 0.5) is 0 Å². The summed E-state index contributed by atoms with van der Waals surface area (Å²) in [5, 5.41) is 1.12. The normalized spacial score (nSPS) is 37.1. The van der Waals surface area contributed by atoms with Gasteiger partial charge in [0, 0.05) is 62.1 Å². The van der Waals surface area contributed by atoms with Crippen LogP contribution in [0.2, 0.25) is 0 Å². The van der Waals surface area contributed by atoms with Crippen molar-refractivity contribution in [2.75, 3.05) is 26.2 Å². The van der Waals surface area contributed by atoms with Crippen LogP contribution in [0.15, 0.2) is 30.3 Å². The summed E-state index contributed by atoms with van der Waals surface area (Å²) < 4.78 is 2.03. The molecule has 8 nitrogen and oxygen atoms in total. The molecule has 2 aliphatic carbocycles. The highest BCUT2D eigenvalue weighted by Crippen LogP contribution is 2.54. The molecule has 174 valence electrons. The first-order chi connectivity index (χ1) is 16.1. The lowest BCUT2D eigenvalue weighted by Crippen LogP contribution is -2.45. The Bertz CT molecular complexity index is 1110. The molecular formula is C25H32N6O2. The highest BCUT2D eigenvalue weighted by atomic mass is 16.2. The summed E-state index contributed by atoms with van der Waals surface area (Å²) in [4.78, 5) is 30.9. The predicted molar refractivity (Wildman–Crippen MR) is 124 cm³/mol. The zero-order chi connectivity index (χ0) is 22.3. The number of aryl methyl sites for hydroxylation is 1. The lowest BCUT2D eigenvalue weighted by atomic mass is 9.60. The van der Waals surface area contributed by atoms with E-state index < -0.39 is 0 Å². The number of hydrogen-bond acceptors (Lipinski definition) is 5. The zero-order valence-corrected chi connectivity index (χ0v) is 19.0. The number of para-hydroxylation sites is 1. The fourth-order valence-corrected chi connectivity index (χ4v) is 7.59. The minimum atomic E-state index is 0.141. The van der Waals surface area contributed by atoms with E-state index in [0.717, 1.165) is 62.0 Å². The lowest BCUT2D eigenvalue weighted by Gasteiger charge is -2.42. The van der Waals surface area contributed by atoms with E-state index in [0.29, 0.717) is 41.7 Å². The van der Waals surface area contributed by atoms with E-state index in [9.17, 15) is 9.59 Å². The van der Waals surface area contributed by atoms with Crippen molar-refractivity contribution >= 4 is 22.7 Å². The zero-order valence-electron chi connectivity index (χ0n) is 19.0. The molecule has 0 spiro atoms. The van der Waals surface area contributed by atoms with Gasteiger partial charge in [-0.3, -0.25) is 9.59 Å². The van der Waals surface area contributed by atoms with Gasteiger partial charge in [-0.25, -0.2) is 10.9 Å². The van der Waals surface area contributed by atoms with E-state index in [-0.39, 0.29) is 11.8 Å². The van der Waals surface area contributed by atoms with Crippen molar-refractivity contribution in [1.29, 1.82) is 0 Å². The first-order valence-electron chi connectivity index (χ1n) is 12.5. The fraction of sp³-hybridized carbons (Fsp3) is 0.600. The van der Waals surface area contributed by atoms with Crippen LogP contribution in [0.5, 0.6) is 0 Å². The summed E-state index contributed by atoms with van der Waals surface area (Å²) in [5.41, 5.74) is 11.4. The molecule has 7 atom stereocenters. The average Bonchev–Trinajstić information content (AvgIpc) is 3.60. The SMILES string of the molecule is Cn1c(C(=O)N2C[C@@H]3[C@H](C2)[C@H]2CN(C(=O)C4CCC5NNNC5C4)C[C@@H]32)cc2ccccc21. The third-order valence-corrected chi connectivity index (χ3v) is 9.41. The summed E-state index contributed by atoms with van der Waals surface area (Å²) in [6.07, 6.45) is 2.93. The maximum absolute atomic E-state index is 13.4. The van der Waals surface area contributed by atoms with Crippen molar-refractivity contribution in [3.63, 3.8) is 0 Å². The monoisotopic (exact) mass is 448 g/mol. The van der Waals surface area contributed by atoms with E-state index >= 15 is 0 Å². The number of nitrogens with one attached hydrogen (secondary N) is 3. The van der Waals surface area contributed by atoms with Gasteiger partial charge in [0.05, 0.1) is 0 Å². The number of rotatable bonds is 2. The third-order valence-electron chi connectivity index (χ3n) is 9.41. The number of amides is 2. The first kappa shape index (κ1) is 20.0. The van der Waals surface area contributed by atoms with Crippen LogP contribution < -0.4 is 16.4 Å². The van der Waals surface area contributed by atoms with Gasteiger partial charge in [0.2, 0.25) is 5.91 Å². The van der Waals surface area contributed by atoms with E-state index in [1.165, 1.54) is 0 Å². The second-order valence-corrected chi connectivity index (χ2v) is 10.9. The molecule has 7 rings (SSSR count). The van der Waals surface area contributed by atoms with Gasteiger partial charge < -0.3 is 14.4 Å². The molecule has 4 heterocycles.